The van der Waals surface area contributed by atoms with Crippen LogP contribution in [-0.4, -0.2) is 28.5 Å². The van der Waals surface area contributed by atoms with Crippen molar-refractivity contribution in [2.24, 2.45) is 0 Å². The Kier molecular flexibility index (Phi) is 4.65. The lowest BCUT2D eigenvalue weighted by atomic mass is 10.0. The van der Waals surface area contributed by atoms with Crippen LogP contribution in [0.1, 0.15) is 18.4 Å². The summed E-state index contributed by atoms with van der Waals surface area (Å²) < 4.78 is 0. The van der Waals surface area contributed by atoms with Gasteiger partial charge in [0.1, 0.15) is 0 Å². The molecular weight excluding hydrogens is 256 g/mol. The van der Waals surface area contributed by atoms with E-state index >= 15 is 0 Å². The lowest BCUT2D eigenvalue weighted by molar-refractivity contribution is -0.137. The quantitative estimate of drug-likeness (QED) is 0.753. The van der Waals surface area contributed by atoms with Gasteiger partial charge in [-0.2, -0.15) is 0 Å². The number of carbonyl (C=O) groups excluding carboxylic acids is 1. The number of rotatable bonds is 7. The normalized spacial score (nSPS) is 12.0. The van der Waals surface area contributed by atoms with Gasteiger partial charge < -0.3 is 10.4 Å². The summed E-state index contributed by atoms with van der Waals surface area (Å²) in [6, 6.07) is 9.58. The summed E-state index contributed by atoms with van der Waals surface area (Å²) in [7, 11) is 0. The average Bonchev–Trinajstić information content (AvgIpc) is 2.45. The molecule has 5 nitrogen and oxygen atoms in total. The van der Waals surface area contributed by atoms with E-state index in [1.807, 2.05) is 30.3 Å². The van der Waals surface area contributed by atoms with Gasteiger partial charge in [-0.05, 0) is 36.6 Å². The SMILES string of the molecule is O=CNC(CCC(=O)O)Cc1ccc2ncccc2c1. The third-order valence-electron chi connectivity index (χ3n) is 3.16. The van der Waals surface area contributed by atoms with Crippen molar-refractivity contribution in [3.05, 3.63) is 42.1 Å². The third-order valence-corrected chi connectivity index (χ3v) is 3.16. The molecule has 104 valence electrons. The number of carboxylic acid groups (broad SMARTS) is 1. The molecule has 2 rings (SSSR count). The molecular formula is C15H16N2O3. The van der Waals surface area contributed by atoms with E-state index in [0.29, 0.717) is 19.3 Å². The van der Waals surface area contributed by atoms with Crippen LogP contribution >= 0.6 is 0 Å². The Morgan fingerprint density at radius 3 is 3.00 bits per heavy atom. The standard InChI is InChI=1S/C15H16N2O3/c18-10-17-13(4-6-15(19)20)9-11-3-5-14-12(8-11)2-1-7-16-14/h1-3,5,7-8,10,13H,4,6,9H2,(H,17,18)(H,19,20). The van der Waals surface area contributed by atoms with Crippen LogP contribution in [0.2, 0.25) is 0 Å². The number of carboxylic acids is 1. The van der Waals surface area contributed by atoms with Gasteiger partial charge in [-0.1, -0.05) is 12.1 Å². The van der Waals surface area contributed by atoms with E-state index in [9.17, 15) is 9.59 Å². The first-order chi connectivity index (χ1) is 9.69. The van der Waals surface area contributed by atoms with Crippen LogP contribution in [0, 0.1) is 0 Å². The van der Waals surface area contributed by atoms with Gasteiger partial charge in [0, 0.05) is 24.0 Å². The van der Waals surface area contributed by atoms with Gasteiger partial charge in [-0.15, -0.1) is 0 Å². The van der Waals surface area contributed by atoms with Crippen LogP contribution < -0.4 is 5.32 Å². The summed E-state index contributed by atoms with van der Waals surface area (Å²) >= 11 is 0. The van der Waals surface area contributed by atoms with E-state index in [-0.39, 0.29) is 12.5 Å². The van der Waals surface area contributed by atoms with Crippen molar-refractivity contribution >= 4 is 23.3 Å². The predicted octanol–water partition coefficient (Wildman–Crippen LogP) is 1.76. The fourth-order valence-electron chi connectivity index (χ4n) is 2.17. The Bertz CT molecular complexity index is 613. The molecule has 5 heteroatoms. The minimum Gasteiger partial charge on any atom is -0.481 e. The molecule has 0 radical (unpaired) electrons. The van der Waals surface area contributed by atoms with E-state index in [2.05, 4.69) is 10.3 Å². The number of hydrogen-bond acceptors (Lipinski definition) is 3. The molecule has 1 aromatic carbocycles. The fraction of sp³-hybridized carbons (Fsp3) is 0.267. The van der Waals surface area contributed by atoms with Gasteiger partial charge >= 0.3 is 5.97 Å². The van der Waals surface area contributed by atoms with Gasteiger partial charge in [0.15, 0.2) is 0 Å². The minimum atomic E-state index is -0.856. The Hall–Kier alpha value is -2.43. The third kappa shape index (κ3) is 3.78. The second kappa shape index (κ2) is 6.65. The molecule has 2 aromatic rings. The number of hydrogen-bond donors (Lipinski definition) is 2. The second-order valence-corrected chi connectivity index (χ2v) is 4.65. The van der Waals surface area contributed by atoms with Gasteiger partial charge in [-0.25, -0.2) is 0 Å². The molecule has 0 aliphatic heterocycles. The summed E-state index contributed by atoms with van der Waals surface area (Å²) in [5.74, 6) is -0.856. The van der Waals surface area contributed by atoms with E-state index in [0.717, 1.165) is 16.5 Å². The molecule has 1 amide bonds. The van der Waals surface area contributed by atoms with E-state index in [1.54, 1.807) is 6.20 Å². The number of fused-ring (bicyclic) bond motifs is 1. The Balaban J connectivity index is 2.10. The largest absolute Gasteiger partial charge is 0.481 e. The number of pyridine rings is 1. The molecule has 1 unspecified atom stereocenters. The van der Waals surface area contributed by atoms with Gasteiger partial charge in [-0.3, -0.25) is 14.6 Å². The summed E-state index contributed by atoms with van der Waals surface area (Å²) in [6.07, 6.45) is 3.43. The maximum absolute atomic E-state index is 10.6. The number of aromatic nitrogens is 1. The van der Waals surface area contributed by atoms with Crippen LogP contribution in [-0.2, 0) is 16.0 Å². The van der Waals surface area contributed by atoms with Crippen molar-refractivity contribution < 1.29 is 14.7 Å². The first-order valence-electron chi connectivity index (χ1n) is 6.44. The maximum Gasteiger partial charge on any atom is 0.303 e. The van der Waals surface area contributed by atoms with Crippen molar-refractivity contribution in [1.82, 2.24) is 10.3 Å². The molecule has 0 saturated heterocycles. The van der Waals surface area contributed by atoms with Gasteiger partial charge in [0.05, 0.1) is 5.52 Å². The van der Waals surface area contributed by atoms with Crippen LogP contribution in [0.5, 0.6) is 0 Å². The second-order valence-electron chi connectivity index (χ2n) is 4.65. The number of carbonyl (C=O) groups is 2. The first-order valence-corrected chi connectivity index (χ1v) is 6.44. The van der Waals surface area contributed by atoms with Crippen LogP contribution in [0.15, 0.2) is 36.5 Å². The highest BCUT2D eigenvalue weighted by molar-refractivity contribution is 5.78. The van der Waals surface area contributed by atoms with Crippen molar-refractivity contribution in [2.75, 3.05) is 0 Å². The zero-order valence-electron chi connectivity index (χ0n) is 11.0. The highest BCUT2D eigenvalue weighted by Gasteiger charge is 2.11. The smallest absolute Gasteiger partial charge is 0.303 e. The first kappa shape index (κ1) is 14.0. The van der Waals surface area contributed by atoms with Crippen molar-refractivity contribution in [1.29, 1.82) is 0 Å². The monoisotopic (exact) mass is 272 g/mol. The summed E-state index contributed by atoms with van der Waals surface area (Å²) in [5, 5.41) is 12.4. The molecule has 0 aliphatic rings. The Labute approximate surface area is 116 Å². The number of nitrogens with zero attached hydrogens (tertiary/aromatic N) is 1. The van der Waals surface area contributed by atoms with Crippen molar-refractivity contribution in [2.45, 2.75) is 25.3 Å². The van der Waals surface area contributed by atoms with E-state index in [1.165, 1.54) is 0 Å². The zero-order chi connectivity index (χ0) is 14.4. The summed E-state index contributed by atoms with van der Waals surface area (Å²) in [5.41, 5.74) is 1.97. The molecule has 1 heterocycles. The van der Waals surface area contributed by atoms with Crippen LogP contribution in [0.3, 0.4) is 0 Å². The summed E-state index contributed by atoms with van der Waals surface area (Å²) in [4.78, 5) is 25.5. The van der Waals surface area contributed by atoms with E-state index in [4.69, 9.17) is 5.11 Å². The molecule has 0 saturated carbocycles. The van der Waals surface area contributed by atoms with Crippen LogP contribution in [0.25, 0.3) is 10.9 Å². The van der Waals surface area contributed by atoms with Crippen molar-refractivity contribution in [3.8, 4) is 0 Å². The molecule has 0 aliphatic carbocycles. The summed E-state index contributed by atoms with van der Waals surface area (Å²) in [6.45, 7) is 0. The maximum atomic E-state index is 10.6. The Morgan fingerprint density at radius 2 is 2.25 bits per heavy atom. The number of aliphatic carboxylic acids is 1. The number of nitrogens with one attached hydrogen (secondary N) is 1. The highest BCUT2D eigenvalue weighted by Crippen LogP contribution is 2.15. The predicted molar refractivity (Wildman–Crippen MR) is 75.3 cm³/mol. The molecule has 1 atom stereocenters. The van der Waals surface area contributed by atoms with Crippen LogP contribution in [0.4, 0.5) is 0 Å². The Morgan fingerprint density at radius 1 is 1.40 bits per heavy atom. The molecule has 2 N–H and O–H groups in total. The fourth-order valence-corrected chi connectivity index (χ4v) is 2.17. The van der Waals surface area contributed by atoms with Crippen molar-refractivity contribution in [3.63, 3.8) is 0 Å². The number of amides is 1. The minimum absolute atomic E-state index is 0.0423. The molecule has 1 aromatic heterocycles. The van der Waals surface area contributed by atoms with E-state index < -0.39 is 5.97 Å². The lowest BCUT2D eigenvalue weighted by Gasteiger charge is -2.15. The molecule has 0 fully saturated rings. The topological polar surface area (TPSA) is 79.3 Å². The van der Waals surface area contributed by atoms with Gasteiger partial charge in [0.2, 0.25) is 6.41 Å². The zero-order valence-corrected chi connectivity index (χ0v) is 11.0. The number of benzene rings is 1. The molecule has 0 spiro atoms. The average molecular weight is 272 g/mol. The molecule has 0 bridgehead atoms. The molecule has 20 heavy (non-hydrogen) atoms. The lowest BCUT2D eigenvalue weighted by Crippen LogP contribution is -2.30. The highest BCUT2D eigenvalue weighted by atomic mass is 16.4. The van der Waals surface area contributed by atoms with Gasteiger partial charge in [0.25, 0.3) is 0 Å².